The van der Waals surface area contributed by atoms with Crippen molar-refractivity contribution in [3.8, 4) is 5.75 Å². The number of fused-ring (bicyclic) bond motifs is 1. The Hall–Kier alpha value is -5.08. The van der Waals surface area contributed by atoms with E-state index in [4.69, 9.17) is 19.3 Å². The first-order valence-corrected chi connectivity index (χ1v) is 19.6. The smallest absolute Gasteiger partial charge is 0.410 e. The van der Waals surface area contributed by atoms with Crippen molar-refractivity contribution < 1.29 is 48.1 Å². The number of carbonyl (C=O) groups is 6. The minimum atomic E-state index is -1.18. The van der Waals surface area contributed by atoms with Gasteiger partial charge >= 0.3 is 18.0 Å². The molecule has 0 spiro atoms. The largest absolute Gasteiger partial charge is 0.497 e. The second-order valence-electron chi connectivity index (χ2n) is 17.8. The van der Waals surface area contributed by atoms with E-state index in [-0.39, 0.29) is 30.9 Å². The zero-order valence-corrected chi connectivity index (χ0v) is 37.4. The van der Waals surface area contributed by atoms with Crippen molar-refractivity contribution in [2.75, 3.05) is 27.8 Å². The minimum Gasteiger partial charge on any atom is -0.497 e. The number of aliphatic carboxylic acids is 1. The van der Waals surface area contributed by atoms with Crippen molar-refractivity contribution in [2.24, 2.45) is 18.4 Å². The summed E-state index contributed by atoms with van der Waals surface area (Å²) in [5.74, 6) is -3.12. The summed E-state index contributed by atoms with van der Waals surface area (Å²) in [6.45, 7) is 21.4. The lowest BCUT2D eigenvalue weighted by molar-refractivity contribution is -0.147. The molecule has 2 aromatic rings. The molecule has 15 nitrogen and oxygen atoms in total. The maximum atomic E-state index is 14.9. The average molecular weight is 814 g/mol. The Morgan fingerprint density at radius 3 is 2.05 bits per heavy atom. The topological polar surface area (TPSA) is 186 Å². The van der Waals surface area contributed by atoms with Crippen LogP contribution in [0.15, 0.2) is 36.0 Å². The predicted octanol–water partition coefficient (Wildman–Crippen LogP) is 5.57. The highest BCUT2D eigenvalue weighted by Gasteiger charge is 2.47. The van der Waals surface area contributed by atoms with Gasteiger partial charge in [0, 0.05) is 55.7 Å². The third kappa shape index (κ3) is 12.5. The highest BCUT2D eigenvalue weighted by molar-refractivity contribution is 5.97. The van der Waals surface area contributed by atoms with E-state index < -0.39 is 76.4 Å². The van der Waals surface area contributed by atoms with Crippen LogP contribution in [0.1, 0.15) is 101 Å². The highest BCUT2D eigenvalue weighted by atomic mass is 16.6. The molecule has 0 aliphatic heterocycles. The molecule has 4 atom stereocenters. The van der Waals surface area contributed by atoms with Crippen molar-refractivity contribution >= 4 is 46.7 Å². The monoisotopic (exact) mass is 813 g/mol. The Bertz CT molecular complexity index is 1850. The fraction of sp³-hybridized carbons (Fsp3) is 0.628. The Labute approximate surface area is 343 Å². The second kappa shape index (κ2) is 19.6. The van der Waals surface area contributed by atoms with Crippen LogP contribution in [0.25, 0.3) is 10.9 Å². The van der Waals surface area contributed by atoms with E-state index in [2.05, 4.69) is 10.6 Å². The van der Waals surface area contributed by atoms with Crippen molar-refractivity contribution in [3.05, 3.63) is 41.6 Å². The number of hydrogen-bond donors (Lipinski definition) is 3. The van der Waals surface area contributed by atoms with Crippen molar-refractivity contribution in [3.63, 3.8) is 0 Å². The lowest BCUT2D eigenvalue weighted by atomic mass is 9.76. The first-order chi connectivity index (χ1) is 26.6. The number of aryl methyl sites for hydroxylation is 1. The van der Waals surface area contributed by atoms with Gasteiger partial charge < -0.3 is 39.4 Å². The summed E-state index contributed by atoms with van der Waals surface area (Å²) >= 11 is 0. The number of benzene rings is 1. The molecule has 0 unspecified atom stereocenters. The Kier molecular flexibility index (Phi) is 16.6. The van der Waals surface area contributed by atoms with Gasteiger partial charge in [-0.1, -0.05) is 54.5 Å². The van der Waals surface area contributed by atoms with Crippen LogP contribution in [0.5, 0.6) is 5.75 Å². The fourth-order valence-electron chi connectivity index (χ4n) is 6.92. The summed E-state index contributed by atoms with van der Waals surface area (Å²) in [4.78, 5) is 83.1. The summed E-state index contributed by atoms with van der Waals surface area (Å²) in [6, 6.07) is 1.55. The predicted molar refractivity (Wildman–Crippen MR) is 222 cm³/mol. The molecular weight excluding hydrogens is 746 g/mol. The molecule has 0 saturated heterocycles. The number of likely N-dealkylation sites (N-methyl/N-ethyl adjacent to an activating group) is 2. The zero-order valence-electron chi connectivity index (χ0n) is 37.4. The zero-order chi connectivity index (χ0) is 44.7. The standard InChI is InChI=1S/C43H67N5O10/c1-17-57-39(54)30(19-21-33(49)50)44-36(51)26(4)22-32(25(2)3)47(14)38(53)34(41(5,6)7)45-37(52)35(48(15)40(55)58-42(8,9)10)43(11,12)29-24-46(13)31-20-18-27(56-16)23-28(29)31/h18,20,22-25,30,32,34-35H,17,19,21H2,1-16H3,(H,44,51)(H,45,52)(H,49,50)/b26-22+/t30-,32-,34-,35-/m1/s1. The Balaban J connectivity index is 2.62. The average Bonchev–Trinajstić information content (AvgIpc) is 3.45. The molecule has 1 aromatic heterocycles. The molecule has 58 heavy (non-hydrogen) atoms. The third-order valence-electron chi connectivity index (χ3n) is 10.1. The number of carbonyl (C=O) groups excluding carboxylic acids is 5. The first kappa shape index (κ1) is 49.1. The maximum absolute atomic E-state index is 14.9. The van der Waals surface area contributed by atoms with Gasteiger partial charge in [-0.05, 0) is 76.1 Å². The molecule has 2 rings (SSSR count). The van der Waals surface area contributed by atoms with E-state index in [9.17, 15) is 28.8 Å². The van der Waals surface area contributed by atoms with Crippen LogP contribution in [-0.2, 0) is 45.9 Å². The number of hydrogen-bond acceptors (Lipinski definition) is 9. The number of methoxy groups -OCH3 is 1. The molecule has 0 aliphatic carbocycles. The van der Waals surface area contributed by atoms with Crippen molar-refractivity contribution in [1.82, 2.24) is 25.0 Å². The summed E-state index contributed by atoms with van der Waals surface area (Å²) in [5.41, 5.74) is -0.905. The van der Waals surface area contributed by atoms with Gasteiger partial charge in [-0.15, -0.1) is 0 Å². The number of ether oxygens (including phenoxy) is 3. The van der Waals surface area contributed by atoms with Crippen LogP contribution >= 0.6 is 0 Å². The molecule has 3 N–H and O–H groups in total. The molecule has 0 fully saturated rings. The van der Waals surface area contributed by atoms with Gasteiger partial charge in [-0.3, -0.25) is 24.1 Å². The summed E-state index contributed by atoms with van der Waals surface area (Å²) in [7, 11) is 6.57. The summed E-state index contributed by atoms with van der Waals surface area (Å²) < 4.78 is 18.3. The van der Waals surface area contributed by atoms with Crippen LogP contribution in [0.3, 0.4) is 0 Å². The van der Waals surface area contributed by atoms with E-state index in [0.717, 1.165) is 16.5 Å². The number of carboxylic acids is 1. The van der Waals surface area contributed by atoms with Gasteiger partial charge in [0.05, 0.1) is 19.8 Å². The first-order valence-electron chi connectivity index (χ1n) is 19.6. The van der Waals surface area contributed by atoms with Gasteiger partial charge in [0.1, 0.15) is 29.5 Å². The molecule has 324 valence electrons. The molecule has 0 aliphatic rings. The number of amides is 4. The minimum absolute atomic E-state index is 0.0504. The normalized spacial score (nSPS) is 14.5. The van der Waals surface area contributed by atoms with Crippen LogP contribution in [0, 0.1) is 11.3 Å². The Morgan fingerprint density at radius 1 is 0.948 bits per heavy atom. The van der Waals surface area contributed by atoms with Gasteiger partial charge in [0.25, 0.3) is 0 Å². The Morgan fingerprint density at radius 2 is 1.55 bits per heavy atom. The maximum Gasteiger partial charge on any atom is 0.410 e. The van der Waals surface area contributed by atoms with Gasteiger partial charge in [0.2, 0.25) is 17.7 Å². The number of esters is 1. The lowest BCUT2D eigenvalue weighted by Crippen LogP contribution is -2.63. The van der Waals surface area contributed by atoms with Crippen LogP contribution in [0.4, 0.5) is 4.79 Å². The molecular formula is C43H67N5O10. The van der Waals surface area contributed by atoms with Crippen LogP contribution < -0.4 is 15.4 Å². The van der Waals surface area contributed by atoms with E-state index >= 15 is 0 Å². The number of carboxylic acid groups (broad SMARTS) is 1. The molecule has 4 amide bonds. The van der Waals surface area contributed by atoms with Gasteiger partial charge in [-0.25, -0.2) is 9.59 Å². The summed E-state index contributed by atoms with van der Waals surface area (Å²) in [5, 5.41) is 15.6. The van der Waals surface area contributed by atoms with Crippen LogP contribution in [0.2, 0.25) is 0 Å². The van der Waals surface area contributed by atoms with Crippen molar-refractivity contribution in [1.29, 1.82) is 0 Å². The van der Waals surface area contributed by atoms with E-state index in [0.29, 0.717) is 5.75 Å². The molecule has 0 bridgehead atoms. The van der Waals surface area contributed by atoms with Gasteiger partial charge in [-0.2, -0.15) is 0 Å². The lowest BCUT2D eigenvalue weighted by Gasteiger charge is -2.42. The molecule has 1 heterocycles. The number of aromatic nitrogens is 1. The molecule has 1 aromatic carbocycles. The van der Waals surface area contributed by atoms with Crippen LogP contribution in [-0.4, -0.2) is 113 Å². The van der Waals surface area contributed by atoms with Crippen molar-refractivity contribution in [2.45, 2.75) is 131 Å². The molecule has 0 saturated carbocycles. The molecule has 15 heteroatoms. The highest BCUT2D eigenvalue weighted by Crippen LogP contribution is 2.38. The molecule has 0 radical (unpaired) electrons. The number of nitrogens with zero attached hydrogens (tertiary/aromatic N) is 3. The third-order valence-corrected chi connectivity index (χ3v) is 10.1. The SMILES string of the molecule is CCOC(=O)[C@@H](CCC(=O)O)NC(=O)/C(C)=C/[C@H](C(C)C)N(C)C(=O)[C@@H](NC(=O)[C@@H](N(C)C(=O)OC(C)(C)C)C(C)(C)c1cn(C)c2ccc(OC)cc12)C(C)(C)C. The number of rotatable bonds is 17. The fourth-order valence-corrected chi connectivity index (χ4v) is 6.92. The van der Waals surface area contributed by atoms with E-state index in [1.54, 1.807) is 47.9 Å². The quantitative estimate of drug-likeness (QED) is 0.135. The summed E-state index contributed by atoms with van der Waals surface area (Å²) in [6.07, 6.45) is 2.28. The van der Waals surface area contributed by atoms with Gasteiger partial charge in [0.15, 0.2) is 0 Å². The van der Waals surface area contributed by atoms with E-state index in [1.807, 2.05) is 84.5 Å². The van der Waals surface area contributed by atoms with E-state index in [1.165, 1.54) is 23.8 Å². The second-order valence-corrected chi connectivity index (χ2v) is 17.8. The number of nitrogens with one attached hydrogen (secondary N) is 2.